The van der Waals surface area contributed by atoms with E-state index in [9.17, 15) is 4.79 Å². The summed E-state index contributed by atoms with van der Waals surface area (Å²) < 4.78 is 0. The number of ketones is 1. The van der Waals surface area contributed by atoms with Gasteiger partial charge in [0.2, 0.25) is 0 Å². The van der Waals surface area contributed by atoms with Gasteiger partial charge in [-0.15, -0.1) is 13.2 Å². The van der Waals surface area contributed by atoms with E-state index in [0.717, 1.165) is 12.0 Å². The summed E-state index contributed by atoms with van der Waals surface area (Å²) in [4.78, 5) is 10.8. The largest absolute Gasteiger partial charge is 0.299 e. The molecule has 0 aliphatic heterocycles. The van der Waals surface area contributed by atoms with Crippen LogP contribution in [0, 0.1) is 5.92 Å². The summed E-state index contributed by atoms with van der Waals surface area (Å²) in [5.74, 6) is 0.135. The van der Waals surface area contributed by atoms with Gasteiger partial charge in [0, 0.05) is 5.92 Å². The van der Waals surface area contributed by atoms with Crippen LogP contribution in [0.1, 0.15) is 20.3 Å². The maximum absolute atomic E-state index is 10.8. The van der Waals surface area contributed by atoms with E-state index in [-0.39, 0.29) is 11.7 Å². The molecule has 0 N–H and O–H groups in total. The molecule has 0 aromatic heterocycles. The molecule has 0 radical (unpaired) electrons. The van der Waals surface area contributed by atoms with Crippen molar-refractivity contribution in [2.75, 3.05) is 0 Å². The summed E-state index contributed by atoms with van der Waals surface area (Å²) in [5, 5.41) is 0. The molecule has 0 spiro atoms. The van der Waals surface area contributed by atoms with Crippen LogP contribution in [0.4, 0.5) is 0 Å². The molecule has 0 rings (SSSR count). The van der Waals surface area contributed by atoms with E-state index in [1.165, 1.54) is 0 Å². The Hall–Kier alpha value is -0.850. The fourth-order valence-electron chi connectivity index (χ4n) is 0.768. The van der Waals surface area contributed by atoms with Crippen molar-refractivity contribution in [3.05, 3.63) is 24.8 Å². The highest BCUT2D eigenvalue weighted by molar-refractivity contribution is 5.80. The van der Waals surface area contributed by atoms with Crippen molar-refractivity contribution in [1.82, 2.24) is 0 Å². The average molecular weight is 138 g/mol. The van der Waals surface area contributed by atoms with Crippen molar-refractivity contribution in [1.29, 1.82) is 0 Å². The second kappa shape index (κ2) is 4.04. The first-order valence-electron chi connectivity index (χ1n) is 3.35. The zero-order valence-electron chi connectivity index (χ0n) is 6.68. The van der Waals surface area contributed by atoms with Gasteiger partial charge in [0.1, 0.15) is 5.78 Å². The molecule has 0 saturated carbocycles. The van der Waals surface area contributed by atoms with Crippen molar-refractivity contribution < 1.29 is 4.79 Å². The standard InChI is InChI=1S/C9H14O/c1-5-9(8(4)10)6-7(2)3/h5,9H,1-2,6H2,3-4H3. The fourth-order valence-corrected chi connectivity index (χ4v) is 0.768. The van der Waals surface area contributed by atoms with Gasteiger partial charge in [-0.05, 0) is 20.3 Å². The van der Waals surface area contributed by atoms with Crippen molar-refractivity contribution >= 4 is 5.78 Å². The third-order valence-corrected chi connectivity index (χ3v) is 1.38. The molecule has 10 heavy (non-hydrogen) atoms. The maximum atomic E-state index is 10.8. The minimum Gasteiger partial charge on any atom is -0.299 e. The first-order valence-corrected chi connectivity index (χ1v) is 3.35. The zero-order chi connectivity index (χ0) is 8.15. The molecule has 0 saturated heterocycles. The highest BCUT2D eigenvalue weighted by Gasteiger charge is 2.08. The highest BCUT2D eigenvalue weighted by atomic mass is 16.1. The van der Waals surface area contributed by atoms with Crippen molar-refractivity contribution in [2.45, 2.75) is 20.3 Å². The maximum Gasteiger partial charge on any atom is 0.136 e. The summed E-state index contributed by atoms with van der Waals surface area (Å²) >= 11 is 0. The molecule has 1 atom stereocenters. The predicted octanol–water partition coefficient (Wildman–Crippen LogP) is 2.34. The van der Waals surface area contributed by atoms with Crippen molar-refractivity contribution in [3.8, 4) is 0 Å². The third kappa shape index (κ3) is 3.23. The van der Waals surface area contributed by atoms with Crippen LogP contribution in [0.15, 0.2) is 24.8 Å². The van der Waals surface area contributed by atoms with Crippen molar-refractivity contribution in [2.24, 2.45) is 5.92 Å². The number of hydrogen-bond acceptors (Lipinski definition) is 1. The van der Waals surface area contributed by atoms with Gasteiger partial charge >= 0.3 is 0 Å². The molecule has 1 unspecified atom stereocenters. The molecule has 0 aromatic carbocycles. The summed E-state index contributed by atoms with van der Waals surface area (Å²) in [6.07, 6.45) is 2.41. The number of rotatable bonds is 4. The average Bonchev–Trinajstić information content (AvgIpc) is 1.81. The van der Waals surface area contributed by atoms with E-state index in [0.29, 0.717) is 0 Å². The van der Waals surface area contributed by atoms with Crippen LogP contribution in [0.2, 0.25) is 0 Å². The monoisotopic (exact) mass is 138 g/mol. The fraction of sp³-hybridized carbons (Fsp3) is 0.444. The Morgan fingerprint density at radius 2 is 2.10 bits per heavy atom. The van der Waals surface area contributed by atoms with Gasteiger partial charge in [0.15, 0.2) is 0 Å². The molecule has 0 bridgehead atoms. The summed E-state index contributed by atoms with van der Waals surface area (Å²) in [5.41, 5.74) is 1.03. The number of carbonyl (C=O) groups is 1. The van der Waals surface area contributed by atoms with Crippen LogP contribution in [0.25, 0.3) is 0 Å². The lowest BCUT2D eigenvalue weighted by Gasteiger charge is -2.06. The Morgan fingerprint density at radius 1 is 1.60 bits per heavy atom. The molecular formula is C9H14O. The van der Waals surface area contributed by atoms with Crippen LogP contribution in [-0.2, 0) is 4.79 Å². The highest BCUT2D eigenvalue weighted by Crippen LogP contribution is 2.11. The minimum atomic E-state index is -0.0301. The molecule has 0 amide bonds. The summed E-state index contributed by atoms with van der Waals surface area (Å²) in [6.45, 7) is 10.8. The predicted molar refractivity (Wildman–Crippen MR) is 43.8 cm³/mol. The van der Waals surface area contributed by atoms with Gasteiger partial charge in [-0.25, -0.2) is 0 Å². The van der Waals surface area contributed by atoms with Crippen LogP contribution in [0.3, 0.4) is 0 Å². The molecule has 1 nitrogen and oxygen atoms in total. The van der Waals surface area contributed by atoms with Gasteiger partial charge in [0.05, 0.1) is 0 Å². The lowest BCUT2D eigenvalue weighted by Crippen LogP contribution is -2.07. The molecule has 56 valence electrons. The van der Waals surface area contributed by atoms with Gasteiger partial charge in [0.25, 0.3) is 0 Å². The van der Waals surface area contributed by atoms with Gasteiger partial charge in [-0.2, -0.15) is 0 Å². The summed E-state index contributed by atoms with van der Waals surface area (Å²) in [7, 11) is 0. The second-order valence-corrected chi connectivity index (χ2v) is 2.61. The third-order valence-electron chi connectivity index (χ3n) is 1.38. The first kappa shape index (κ1) is 9.15. The lowest BCUT2D eigenvalue weighted by molar-refractivity contribution is -0.119. The quantitative estimate of drug-likeness (QED) is 0.545. The number of hydrogen-bond donors (Lipinski definition) is 0. The molecule has 0 aliphatic rings. The SMILES string of the molecule is C=CC(CC(=C)C)C(C)=O. The van der Waals surface area contributed by atoms with Crippen molar-refractivity contribution in [3.63, 3.8) is 0 Å². The normalized spacial score (nSPS) is 12.2. The van der Waals surface area contributed by atoms with Gasteiger partial charge < -0.3 is 0 Å². The zero-order valence-corrected chi connectivity index (χ0v) is 6.68. The minimum absolute atomic E-state index is 0.0301. The van der Waals surface area contributed by atoms with Crippen LogP contribution in [0.5, 0.6) is 0 Å². The Kier molecular flexibility index (Phi) is 3.70. The lowest BCUT2D eigenvalue weighted by atomic mass is 9.98. The van der Waals surface area contributed by atoms with E-state index >= 15 is 0 Å². The Bertz CT molecular complexity index is 156. The molecule has 1 heteroatoms. The number of carbonyl (C=O) groups excluding carboxylic acids is 1. The van der Waals surface area contributed by atoms with E-state index in [1.807, 2.05) is 6.92 Å². The molecule has 0 aromatic rings. The van der Waals surface area contributed by atoms with Gasteiger partial charge in [-0.1, -0.05) is 11.6 Å². The topological polar surface area (TPSA) is 17.1 Å². The molecule has 0 heterocycles. The van der Waals surface area contributed by atoms with Crippen LogP contribution >= 0.6 is 0 Å². The Labute approximate surface area is 62.4 Å². The summed E-state index contributed by atoms with van der Waals surface area (Å²) in [6, 6.07) is 0. The van der Waals surface area contributed by atoms with Crippen LogP contribution < -0.4 is 0 Å². The number of allylic oxidation sites excluding steroid dienone is 2. The molecular weight excluding hydrogens is 124 g/mol. The van der Waals surface area contributed by atoms with E-state index < -0.39 is 0 Å². The van der Waals surface area contributed by atoms with Crippen LogP contribution in [-0.4, -0.2) is 5.78 Å². The van der Waals surface area contributed by atoms with E-state index in [4.69, 9.17) is 0 Å². The Morgan fingerprint density at radius 3 is 2.20 bits per heavy atom. The smallest absolute Gasteiger partial charge is 0.136 e. The first-order chi connectivity index (χ1) is 4.57. The van der Waals surface area contributed by atoms with E-state index in [1.54, 1.807) is 13.0 Å². The molecule has 0 aliphatic carbocycles. The van der Waals surface area contributed by atoms with Gasteiger partial charge in [-0.3, -0.25) is 4.79 Å². The number of Topliss-reactive ketones (excluding diaryl/α,β-unsaturated/α-hetero) is 1. The Balaban J connectivity index is 3.96. The second-order valence-electron chi connectivity index (χ2n) is 2.61. The van der Waals surface area contributed by atoms with E-state index in [2.05, 4.69) is 13.2 Å². The molecule has 0 fully saturated rings.